The van der Waals surface area contributed by atoms with E-state index in [-0.39, 0.29) is 0 Å². The number of allylic oxidation sites excluding steroid dienone is 2. The van der Waals surface area contributed by atoms with Crippen LogP contribution in [-0.2, 0) is 0 Å². The predicted molar refractivity (Wildman–Crippen MR) is 48.7 cm³/mol. The summed E-state index contributed by atoms with van der Waals surface area (Å²) in [5.74, 6) is 0. The molecule has 3 heteroatoms. The van der Waals surface area contributed by atoms with Crippen molar-refractivity contribution >= 4 is 17.5 Å². The van der Waals surface area contributed by atoms with Crippen LogP contribution in [0, 0.1) is 5.41 Å². The minimum absolute atomic E-state index is 0.624. The molecule has 0 aromatic carbocycles. The minimum atomic E-state index is 0.624. The lowest BCUT2D eigenvalue weighted by molar-refractivity contribution is 0.988. The van der Waals surface area contributed by atoms with Gasteiger partial charge in [-0.05, 0) is 20.1 Å². The summed E-state index contributed by atoms with van der Waals surface area (Å²) in [6, 6.07) is 0. The molecule has 2 nitrogen and oxygen atoms in total. The average Bonchev–Trinajstić information content (AvgIpc) is 1.88. The van der Waals surface area contributed by atoms with Crippen molar-refractivity contribution in [3.63, 3.8) is 0 Å². The summed E-state index contributed by atoms with van der Waals surface area (Å²) in [4.78, 5) is 1.03. The van der Waals surface area contributed by atoms with Gasteiger partial charge in [-0.1, -0.05) is 0 Å². The van der Waals surface area contributed by atoms with Gasteiger partial charge in [-0.3, -0.25) is 0 Å². The minimum Gasteiger partial charge on any atom is -0.391 e. The quantitative estimate of drug-likeness (QED) is 0.615. The van der Waals surface area contributed by atoms with Gasteiger partial charge in [-0.15, -0.1) is 11.8 Å². The van der Waals surface area contributed by atoms with Crippen LogP contribution in [0.2, 0.25) is 0 Å². The second kappa shape index (κ2) is 4.39. The molecule has 0 aromatic heterocycles. The van der Waals surface area contributed by atoms with Crippen molar-refractivity contribution in [2.75, 3.05) is 13.3 Å². The largest absolute Gasteiger partial charge is 0.391 e. The van der Waals surface area contributed by atoms with Gasteiger partial charge in [-0.25, -0.2) is 0 Å². The molecule has 0 heterocycles. The summed E-state index contributed by atoms with van der Waals surface area (Å²) >= 11 is 1.60. The van der Waals surface area contributed by atoms with E-state index in [0.717, 1.165) is 10.6 Å². The van der Waals surface area contributed by atoms with Crippen molar-refractivity contribution in [3.05, 3.63) is 10.6 Å². The van der Waals surface area contributed by atoms with Gasteiger partial charge < -0.3 is 10.7 Å². The number of hydrogen-bond acceptors (Lipinski definition) is 3. The fraction of sp³-hybridized carbons (Fsp3) is 0.571. The fourth-order valence-electron chi connectivity index (χ4n) is 0.701. The highest BCUT2D eigenvalue weighted by atomic mass is 32.2. The zero-order chi connectivity index (χ0) is 8.15. The van der Waals surface area contributed by atoms with Crippen molar-refractivity contribution in [2.24, 2.45) is 0 Å². The van der Waals surface area contributed by atoms with Gasteiger partial charge in [0.25, 0.3) is 0 Å². The summed E-state index contributed by atoms with van der Waals surface area (Å²) < 4.78 is 0. The molecule has 0 radical (unpaired) electrons. The van der Waals surface area contributed by atoms with Gasteiger partial charge in [0.2, 0.25) is 0 Å². The third-order valence-electron chi connectivity index (χ3n) is 1.26. The monoisotopic (exact) mass is 158 g/mol. The van der Waals surface area contributed by atoms with Crippen molar-refractivity contribution < 1.29 is 0 Å². The zero-order valence-corrected chi connectivity index (χ0v) is 7.72. The molecule has 0 bridgehead atoms. The first-order valence-electron chi connectivity index (χ1n) is 3.11. The molecule has 0 aliphatic carbocycles. The molecule has 0 unspecified atom stereocenters. The smallest absolute Gasteiger partial charge is 0.0461 e. The van der Waals surface area contributed by atoms with Crippen molar-refractivity contribution in [1.29, 1.82) is 5.41 Å². The number of thioether (sulfide) groups is 1. The maximum atomic E-state index is 7.37. The Bertz CT molecular complexity index is 161. The normalized spacial score (nSPS) is 12.4. The Morgan fingerprint density at radius 3 is 2.00 bits per heavy atom. The lowest BCUT2D eigenvalue weighted by atomic mass is 10.3. The van der Waals surface area contributed by atoms with Crippen LogP contribution in [0.15, 0.2) is 10.6 Å². The highest BCUT2D eigenvalue weighted by molar-refractivity contribution is 8.03. The summed E-state index contributed by atoms with van der Waals surface area (Å²) in [6.45, 7) is 3.77. The average molecular weight is 158 g/mol. The molecular formula is C7H14N2S. The Morgan fingerprint density at radius 1 is 1.40 bits per heavy atom. The predicted octanol–water partition coefficient (Wildman–Crippen LogP) is 1.84. The van der Waals surface area contributed by atoms with E-state index in [2.05, 4.69) is 5.32 Å². The Balaban J connectivity index is 4.45. The lowest BCUT2D eigenvalue weighted by Gasteiger charge is -2.06. The Labute approximate surface area is 66.6 Å². The molecule has 0 aliphatic heterocycles. The second-order valence-electron chi connectivity index (χ2n) is 2.03. The number of nitrogens with one attached hydrogen (secondary N) is 2. The molecular weight excluding hydrogens is 144 g/mol. The van der Waals surface area contributed by atoms with E-state index < -0.39 is 0 Å². The van der Waals surface area contributed by atoms with Gasteiger partial charge in [0, 0.05) is 23.4 Å². The van der Waals surface area contributed by atoms with Crippen LogP contribution < -0.4 is 5.32 Å². The molecule has 0 aromatic rings. The van der Waals surface area contributed by atoms with E-state index in [0.29, 0.717) is 5.71 Å². The lowest BCUT2D eigenvalue weighted by Crippen LogP contribution is -2.07. The molecule has 0 saturated heterocycles. The molecule has 0 spiro atoms. The van der Waals surface area contributed by atoms with Crippen molar-refractivity contribution in [3.8, 4) is 0 Å². The van der Waals surface area contributed by atoms with Crippen LogP contribution in [0.25, 0.3) is 0 Å². The van der Waals surface area contributed by atoms with E-state index in [1.807, 2.05) is 20.2 Å². The fourth-order valence-corrected chi connectivity index (χ4v) is 1.42. The maximum absolute atomic E-state index is 7.37. The first-order valence-corrected chi connectivity index (χ1v) is 4.34. The molecule has 0 atom stereocenters. The summed E-state index contributed by atoms with van der Waals surface area (Å²) in [6.07, 6.45) is 1.98. The van der Waals surface area contributed by atoms with Crippen LogP contribution in [0.5, 0.6) is 0 Å². The standard InChI is InChI=1S/C7H14N2S/c1-5(8)7(10-4)6(2)9-3/h8-9H,1-4H3/b7-6+,8-5?. The van der Waals surface area contributed by atoms with Crippen LogP contribution >= 0.6 is 11.8 Å². The Kier molecular flexibility index (Phi) is 4.19. The van der Waals surface area contributed by atoms with E-state index in [1.165, 1.54) is 0 Å². The zero-order valence-electron chi connectivity index (χ0n) is 6.91. The van der Waals surface area contributed by atoms with Crippen LogP contribution in [0.4, 0.5) is 0 Å². The maximum Gasteiger partial charge on any atom is 0.0461 e. The van der Waals surface area contributed by atoms with E-state index in [1.54, 1.807) is 18.7 Å². The van der Waals surface area contributed by atoms with E-state index >= 15 is 0 Å². The molecule has 0 aliphatic rings. The van der Waals surface area contributed by atoms with E-state index in [9.17, 15) is 0 Å². The second-order valence-corrected chi connectivity index (χ2v) is 2.85. The number of hydrogen-bond donors (Lipinski definition) is 2. The molecule has 0 fully saturated rings. The third kappa shape index (κ3) is 2.43. The van der Waals surface area contributed by atoms with Gasteiger partial charge >= 0.3 is 0 Å². The van der Waals surface area contributed by atoms with E-state index in [4.69, 9.17) is 5.41 Å². The molecule has 0 amide bonds. The first kappa shape index (κ1) is 9.56. The molecule has 0 saturated carbocycles. The topological polar surface area (TPSA) is 35.9 Å². The summed E-state index contributed by atoms with van der Waals surface area (Å²) in [5, 5.41) is 10.4. The van der Waals surface area contributed by atoms with Crippen molar-refractivity contribution in [2.45, 2.75) is 13.8 Å². The first-order chi connectivity index (χ1) is 4.63. The Morgan fingerprint density at radius 2 is 1.90 bits per heavy atom. The molecule has 2 N–H and O–H groups in total. The van der Waals surface area contributed by atoms with Crippen LogP contribution in [0.1, 0.15) is 13.8 Å². The van der Waals surface area contributed by atoms with Crippen LogP contribution in [-0.4, -0.2) is 19.0 Å². The molecule has 58 valence electrons. The molecule has 0 rings (SSSR count). The Hall–Kier alpha value is -0.440. The van der Waals surface area contributed by atoms with Crippen molar-refractivity contribution in [1.82, 2.24) is 5.32 Å². The highest BCUT2D eigenvalue weighted by Crippen LogP contribution is 2.15. The van der Waals surface area contributed by atoms with Gasteiger partial charge in [-0.2, -0.15) is 0 Å². The van der Waals surface area contributed by atoms with Crippen LogP contribution in [0.3, 0.4) is 0 Å². The SMILES string of the molecule is CN/C(C)=C(/SC)C(C)=N. The summed E-state index contributed by atoms with van der Waals surface area (Å²) in [7, 11) is 1.87. The third-order valence-corrected chi connectivity index (χ3v) is 2.28. The van der Waals surface area contributed by atoms with Gasteiger partial charge in [0.1, 0.15) is 0 Å². The molecule has 10 heavy (non-hydrogen) atoms. The number of rotatable bonds is 3. The van der Waals surface area contributed by atoms with Gasteiger partial charge in [0.15, 0.2) is 0 Å². The summed E-state index contributed by atoms with van der Waals surface area (Å²) in [5.41, 5.74) is 1.69. The highest BCUT2D eigenvalue weighted by Gasteiger charge is 2.00. The van der Waals surface area contributed by atoms with Gasteiger partial charge in [0.05, 0.1) is 0 Å².